The van der Waals surface area contributed by atoms with Crippen LogP contribution in [0.5, 0.6) is 0 Å². The van der Waals surface area contributed by atoms with Crippen LogP contribution >= 0.6 is 0 Å². The quantitative estimate of drug-likeness (QED) is 0.548. The Bertz CT molecular complexity index is 265. The number of nitrogens with zero attached hydrogens (tertiary/aromatic N) is 2. The summed E-state index contributed by atoms with van der Waals surface area (Å²) >= 11 is 0. The number of halogens is 3. The molecule has 1 rings (SSSR count). The van der Waals surface area contributed by atoms with Gasteiger partial charge in [0.25, 0.3) is 0 Å². The van der Waals surface area contributed by atoms with Gasteiger partial charge in [-0.3, -0.25) is 0 Å². The fraction of sp³-hybridized carbons (Fsp3) is 0.400. The van der Waals surface area contributed by atoms with Gasteiger partial charge in [0, 0.05) is 19.4 Å². The Labute approximate surface area is 56.7 Å². The van der Waals surface area contributed by atoms with Crippen molar-refractivity contribution in [1.82, 2.24) is 9.55 Å². The lowest BCUT2D eigenvalue weighted by Crippen LogP contribution is -2.11. The third-order valence-electron chi connectivity index (χ3n) is 1.01. The van der Waals surface area contributed by atoms with Crippen molar-refractivity contribution in [2.75, 3.05) is 0 Å². The van der Waals surface area contributed by atoms with Gasteiger partial charge in [-0.25, -0.2) is 4.98 Å². The van der Waals surface area contributed by atoms with Crippen molar-refractivity contribution in [3.05, 3.63) is 18.2 Å². The first kappa shape index (κ1) is 5.76. The summed E-state index contributed by atoms with van der Waals surface area (Å²) in [6.45, 7) is 0. The molecule has 0 N–H and O–H groups in total. The van der Waals surface area contributed by atoms with Gasteiger partial charge in [-0.1, -0.05) is 0 Å². The molecule has 10 heavy (non-hydrogen) atoms. The molecule has 56 valence electrons. The minimum atomic E-state index is -4.46. The minimum Gasteiger partial charge on any atom is -0.330 e. The van der Waals surface area contributed by atoms with E-state index in [1.165, 1.54) is 7.05 Å². The van der Waals surface area contributed by atoms with Crippen LogP contribution in [0.3, 0.4) is 0 Å². The summed E-state index contributed by atoms with van der Waals surface area (Å²) in [5, 5.41) is 0. The SMILES string of the molecule is [2H]c1cn(C)c(C(F)(F)F)n1. The molecule has 2 nitrogen and oxygen atoms in total. The van der Waals surface area contributed by atoms with E-state index >= 15 is 0 Å². The van der Waals surface area contributed by atoms with E-state index in [0.29, 0.717) is 0 Å². The highest BCUT2D eigenvalue weighted by Crippen LogP contribution is 2.26. The van der Waals surface area contributed by atoms with Crippen LogP contribution in [-0.4, -0.2) is 9.55 Å². The van der Waals surface area contributed by atoms with Crippen molar-refractivity contribution in [2.45, 2.75) is 6.18 Å². The van der Waals surface area contributed by atoms with Crippen molar-refractivity contribution < 1.29 is 14.5 Å². The highest BCUT2D eigenvalue weighted by Gasteiger charge is 2.34. The van der Waals surface area contributed by atoms with Gasteiger partial charge in [0.05, 0.1) is 1.37 Å². The molecule has 5 heteroatoms. The topological polar surface area (TPSA) is 17.8 Å². The normalized spacial score (nSPS) is 13.4. The first-order valence-electron chi connectivity index (χ1n) is 2.98. The van der Waals surface area contributed by atoms with Gasteiger partial charge in [-0.15, -0.1) is 0 Å². The second-order valence-corrected chi connectivity index (χ2v) is 1.80. The molecule has 0 bridgehead atoms. The Morgan fingerprint density at radius 3 is 2.50 bits per heavy atom. The van der Waals surface area contributed by atoms with E-state index in [-0.39, 0.29) is 6.17 Å². The molecule has 0 spiro atoms. The van der Waals surface area contributed by atoms with E-state index in [1.807, 2.05) is 0 Å². The molecule has 1 heterocycles. The van der Waals surface area contributed by atoms with Gasteiger partial charge >= 0.3 is 6.18 Å². The summed E-state index contributed by atoms with van der Waals surface area (Å²) in [7, 11) is 1.20. The van der Waals surface area contributed by atoms with Crippen LogP contribution in [0.15, 0.2) is 12.4 Å². The van der Waals surface area contributed by atoms with Crippen LogP contribution in [0.1, 0.15) is 7.20 Å². The van der Waals surface area contributed by atoms with E-state index in [0.717, 1.165) is 10.8 Å². The van der Waals surface area contributed by atoms with Gasteiger partial charge in [0.1, 0.15) is 0 Å². The molecule has 0 unspecified atom stereocenters. The molecular formula is C5H5F3N2. The van der Waals surface area contributed by atoms with E-state index in [1.54, 1.807) is 0 Å². The first-order valence-corrected chi connectivity index (χ1v) is 2.48. The van der Waals surface area contributed by atoms with Crippen LogP contribution in [0.25, 0.3) is 0 Å². The maximum atomic E-state index is 11.9. The second-order valence-electron chi connectivity index (χ2n) is 1.80. The summed E-state index contributed by atoms with van der Waals surface area (Å²) in [6.07, 6.45) is -3.84. The summed E-state index contributed by atoms with van der Waals surface area (Å²) in [5.41, 5.74) is 0. The largest absolute Gasteiger partial charge is 0.449 e. The van der Waals surface area contributed by atoms with Crippen molar-refractivity contribution in [3.8, 4) is 0 Å². The summed E-state index contributed by atoms with van der Waals surface area (Å²) < 4.78 is 43.3. The maximum Gasteiger partial charge on any atom is 0.449 e. The third-order valence-corrected chi connectivity index (χ3v) is 1.01. The predicted molar refractivity (Wildman–Crippen MR) is 28.2 cm³/mol. The van der Waals surface area contributed by atoms with Crippen LogP contribution in [-0.2, 0) is 13.2 Å². The number of hydrogen-bond acceptors (Lipinski definition) is 1. The number of alkyl halides is 3. The van der Waals surface area contributed by atoms with Crippen LogP contribution in [0, 0.1) is 0 Å². The number of aromatic nitrogens is 2. The molecule has 0 radical (unpaired) electrons. The zero-order chi connectivity index (χ0) is 8.65. The lowest BCUT2D eigenvalue weighted by Gasteiger charge is -2.03. The van der Waals surface area contributed by atoms with Gasteiger partial charge in [-0.05, 0) is 0 Å². The molecule has 0 fully saturated rings. The van der Waals surface area contributed by atoms with Crippen molar-refractivity contribution in [2.24, 2.45) is 7.05 Å². The molecule has 0 aromatic carbocycles. The minimum absolute atomic E-state index is 0.375. The molecule has 0 saturated carbocycles. The average molecular weight is 151 g/mol. The zero-order valence-electron chi connectivity index (χ0n) is 6.11. The van der Waals surface area contributed by atoms with E-state index in [4.69, 9.17) is 1.37 Å². The molecule has 0 atom stereocenters. The molecule has 0 aliphatic rings. The molecule has 1 aromatic heterocycles. The maximum absolute atomic E-state index is 11.9. The van der Waals surface area contributed by atoms with Crippen LogP contribution in [0.2, 0.25) is 0 Å². The van der Waals surface area contributed by atoms with Crippen LogP contribution in [0.4, 0.5) is 13.2 Å². The van der Waals surface area contributed by atoms with E-state index < -0.39 is 12.0 Å². The lowest BCUT2D eigenvalue weighted by atomic mass is 10.6. The first-order chi connectivity index (χ1) is 4.91. The van der Waals surface area contributed by atoms with Gasteiger partial charge in [0.2, 0.25) is 5.82 Å². The van der Waals surface area contributed by atoms with Gasteiger partial charge < -0.3 is 4.57 Å². The Balaban J connectivity index is 3.13. The number of imidazole rings is 1. The summed E-state index contributed by atoms with van der Waals surface area (Å²) in [4.78, 5) is 2.99. The van der Waals surface area contributed by atoms with Gasteiger partial charge in [-0.2, -0.15) is 13.2 Å². The molecule has 0 aliphatic carbocycles. The number of hydrogen-bond donors (Lipinski definition) is 0. The van der Waals surface area contributed by atoms with E-state index in [2.05, 4.69) is 4.98 Å². The Hall–Kier alpha value is -1.00. The lowest BCUT2D eigenvalue weighted by molar-refractivity contribution is -0.146. The Morgan fingerprint density at radius 2 is 2.30 bits per heavy atom. The average Bonchev–Trinajstić information content (AvgIpc) is 2.08. The number of rotatable bonds is 0. The van der Waals surface area contributed by atoms with Crippen molar-refractivity contribution in [3.63, 3.8) is 0 Å². The second kappa shape index (κ2) is 2.00. The molecule has 1 aromatic rings. The molecule has 0 aliphatic heterocycles. The molecule has 0 amide bonds. The van der Waals surface area contributed by atoms with Gasteiger partial charge in [0.15, 0.2) is 0 Å². The van der Waals surface area contributed by atoms with Crippen molar-refractivity contribution in [1.29, 1.82) is 0 Å². The zero-order valence-corrected chi connectivity index (χ0v) is 5.11. The fourth-order valence-corrected chi connectivity index (χ4v) is 0.580. The fourth-order valence-electron chi connectivity index (χ4n) is 0.580. The summed E-state index contributed by atoms with van der Waals surface area (Å²) in [6, 6.07) is 0. The highest BCUT2D eigenvalue weighted by atomic mass is 19.4. The number of aryl methyl sites for hydroxylation is 1. The van der Waals surface area contributed by atoms with Crippen molar-refractivity contribution >= 4 is 0 Å². The van der Waals surface area contributed by atoms with E-state index in [9.17, 15) is 13.2 Å². The monoisotopic (exact) mass is 151 g/mol. The Morgan fingerprint density at radius 1 is 1.70 bits per heavy atom. The third kappa shape index (κ3) is 1.12. The summed E-state index contributed by atoms with van der Waals surface area (Å²) in [5.74, 6) is -1.04. The highest BCUT2D eigenvalue weighted by molar-refractivity contribution is 4.95. The molecular weight excluding hydrogens is 145 g/mol. The smallest absolute Gasteiger partial charge is 0.330 e. The predicted octanol–water partition coefficient (Wildman–Crippen LogP) is 1.44. The standard InChI is InChI=1S/C5H5F3N2/c1-10-3-2-9-4(10)5(6,7)8/h2-3H,1H3/i2D. The Kier molecular flexibility index (Phi) is 1.15. The molecule has 0 saturated heterocycles. The van der Waals surface area contributed by atoms with Crippen LogP contribution < -0.4 is 0 Å².